The Morgan fingerprint density at radius 1 is 1.12 bits per heavy atom. The monoisotopic (exact) mass is 245 g/mol. The molecule has 0 amide bonds. The second-order valence-electron chi connectivity index (χ2n) is 5.19. The Labute approximate surface area is 108 Å². The third-order valence-corrected chi connectivity index (χ3v) is 4.90. The van der Waals surface area contributed by atoms with Crippen molar-refractivity contribution < 1.29 is 0 Å². The lowest BCUT2D eigenvalue weighted by Crippen LogP contribution is -2.33. The molecule has 0 bridgehead atoms. The summed E-state index contributed by atoms with van der Waals surface area (Å²) < 4.78 is 0. The summed E-state index contributed by atoms with van der Waals surface area (Å²) in [5, 5.41) is 0. The first-order valence-corrected chi connectivity index (χ1v) is 8.16. The average molecular weight is 245 g/mol. The van der Waals surface area contributed by atoms with Crippen LogP contribution in [-0.4, -0.2) is 33.7 Å². The van der Waals surface area contributed by atoms with Gasteiger partial charge in [-0.05, 0) is 63.1 Å². The van der Waals surface area contributed by atoms with E-state index >= 15 is 0 Å². The quantitative estimate of drug-likeness (QED) is 0.737. The third kappa shape index (κ3) is 3.97. The fourth-order valence-electron chi connectivity index (χ4n) is 2.51. The van der Waals surface area contributed by atoms with Crippen molar-refractivity contribution in [2.75, 3.05) is 19.3 Å². The van der Waals surface area contributed by atoms with E-state index in [9.17, 15) is 0 Å². The van der Waals surface area contributed by atoms with E-state index in [1.54, 1.807) is 5.56 Å². The van der Waals surface area contributed by atoms with Crippen LogP contribution in [0.4, 0.5) is 0 Å². The molecule has 1 fully saturated rings. The molecule has 1 aliphatic rings. The van der Waals surface area contributed by atoms with Gasteiger partial charge >= 0.3 is 0 Å². The number of nitrogens with zero attached hydrogens (tertiary/aromatic N) is 1. The zero-order chi connectivity index (χ0) is 12.1. The molecule has 0 atom stereocenters. The minimum atomic E-state index is 1.06. The maximum absolute atomic E-state index is 2.64. The Morgan fingerprint density at radius 2 is 1.88 bits per heavy atom. The molecule has 0 aromatic heterocycles. The van der Waals surface area contributed by atoms with E-state index in [1.807, 2.05) is 0 Å². The lowest BCUT2D eigenvalue weighted by atomic mass is 10.1. The molecule has 1 heterocycles. The van der Waals surface area contributed by atoms with Crippen LogP contribution in [0.1, 0.15) is 36.0 Å². The van der Waals surface area contributed by atoms with Gasteiger partial charge in [-0.3, -0.25) is 0 Å². The molecule has 1 aromatic rings. The largest absolute Gasteiger partial charge is 0.307 e. The normalized spacial score (nSPS) is 17.3. The SMILES string of the molecule is Cc1ccc(C[Si]CN2CCCCC2)c(C)c1. The van der Waals surface area contributed by atoms with Crippen molar-refractivity contribution in [1.29, 1.82) is 0 Å². The van der Waals surface area contributed by atoms with Crippen molar-refractivity contribution in [3.63, 3.8) is 0 Å². The van der Waals surface area contributed by atoms with Crippen molar-refractivity contribution in [2.24, 2.45) is 0 Å². The van der Waals surface area contributed by atoms with Crippen molar-refractivity contribution >= 4 is 9.52 Å². The van der Waals surface area contributed by atoms with E-state index in [0.29, 0.717) is 0 Å². The number of rotatable bonds is 4. The zero-order valence-electron chi connectivity index (χ0n) is 11.1. The fourth-order valence-corrected chi connectivity index (χ4v) is 3.92. The molecule has 0 saturated carbocycles. The maximum atomic E-state index is 2.64. The molecule has 0 spiro atoms. The van der Waals surface area contributed by atoms with E-state index in [4.69, 9.17) is 0 Å². The number of piperidine rings is 1. The Morgan fingerprint density at radius 3 is 2.59 bits per heavy atom. The Hall–Kier alpha value is -0.603. The van der Waals surface area contributed by atoms with Crippen molar-refractivity contribution in [3.8, 4) is 0 Å². The minimum absolute atomic E-state index is 1.06. The lowest BCUT2D eigenvalue weighted by molar-refractivity contribution is 0.262. The van der Waals surface area contributed by atoms with Gasteiger partial charge in [-0.1, -0.05) is 30.2 Å². The van der Waals surface area contributed by atoms with Gasteiger partial charge in [-0.15, -0.1) is 0 Å². The summed E-state index contributed by atoms with van der Waals surface area (Å²) in [5.74, 6) is 0. The predicted octanol–water partition coefficient (Wildman–Crippen LogP) is 2.95. The minimum Gasteiger partial charge on any atom is -0.307 e. The van der Waals surface area contributed by atoms with Crippen LogP contribution >= 0.6 is 0 Å². The second kappa shape index (κ2) is 6.36. The van der Waals surface area contributed by atoms with Crippen LogP contribution < -0.4 is 0 Å². The van der Waals surface area contributed by atoms with Gasteiger partial charge in [-0.2, -0.15) is 0 Å². The molecule has 1 aliphatic heterocycles. The van der Waals surface area contributed by atoms with Gasteiger partial charge in [0, 0.05) is 0 Å². The van der Waals surface area contributed by atoms with Crippen molar-refractivity contribution in [1.82, 2.24) is 4.90 Å². The van der Waals surface area contributed by atoms with Crippen LogP contribution in [0.5, 0.6) is 0 Å². The standard InChI is InChI=1S/C15H23NSi/c1-13-6-7-15(14(2)10-13)11-17-12-16-8-4-3-5-9-16/h6-7,10H,3-5,8-9,11-12H2,1-2H3. The van der Waals surface area contributed by atoms with Crippen molar-refractivity contribution in [3.05, 3.63) is 34.9 Å². The van der Waals surface area contributed by atoms with E-state index in [1.165, 1.54) is 55.7 Å². The number of hydrogen-bond donors (Lipinski definition) is 0. The van der Waals surface area contributed by atoms with Gasteiger partial charge in [-0.25, -0.2) is 0 Å². The van der Waals surface area contributed by atoms with E-state index in [-0.39, 0.29) is 0 Å². The number of benzene rings is 1. The van der Waals surface area contributed by atoms with Crippen LogP contribution in [0, 0.1) is 13.8 Å². The summed E-state index contributed by atoms with van der Waals surface area (Å²) >= 11 is 0. The molecular formula is C15H23NSi. The molecule has 0 N–H and O–H groups in total. The average Bonchev–Trinajstić information content (AvgIpc) is 2.33. The van der Waals surface area contributed by atoms with E-state index in [0.717, 1.165) is 9.52 Å². The number of aryl methyl sites for hydroxylation is 2. The molecule has 0 aliphatic carbocycles. The summed E-state index contributed by atoms with van der Waals surface area (Å²) in [5.41, 5.74) is 4.40. The molecule has 1 aromatic carbocycles. The molecule has 1 nitrogen and oxygen atoms in total. The highest BCUT2D eigenvalue weighted by Crippen LogP contribution is 2.11. The van der Waals surface area contributed by atoms with Crippen LogP contribution in [0.25, 0.3) is 0 Å². The van der Waals surface area contributed by atoms with E-state index < -0.39 is 0 Å². The third-order valence-electron chi connectivity index (χ3n) is 3.60. The molecule has 2 heteroatoms. The Kier molecular flexibility index (Phi) is 4.81. The first-order valence-electron chi connectivity index (χ1n) is 6.75. The summed E-state index contributed by atoms with van der Waals surface area (Å²) in [7, 11) is 1.06. The molecule has 1 saturated heterocycles. The molecule has 2 radical (unpaired) electrons. The van der Waals surface area contributed by atoms with Crippen LogP contribution in [0.2, 0.25) is 0 Å². The summed E-state index contributed by atoms with van der Waals surface area (Å²) in [6, 6.07) is 8.13. The highest BCUT2D eigenvalue weighted by atomic mass is 28.2. The molecule has 92 valence electrons. The first kappa shape index (κ1) is 12.8. The molecular weight excluding hydrogens is 222 g/mol. The highest BCUT2D eigenvalue weighted by Gasteiger charge is 2.09. The lowest BCUT2D eigenvalue weighted by Gasteiger charge is -2.26. The smallest absolute Gasteiger partial charge is 0.0615 e. The van der Waals surface area contributed by atoms with Gasteiger partial charge in [0.2, 0.25) is 0 Å². The van der Waals surface area contributed by atoms with Gasteiger partial charge in [0.05, 0.1) is 9.52 Å². The maximum Gasteiger partial charge on any atom is 0.0615 e. The predicted molar refractivity (Wildman–Crippen MR) is 75.7 cm³/mol. The molecule has 17 heavy (non-hydrogen) atoms. The Balaban J connectivity index is 1.77. The second-order valence-corrected chi connectivity index (χ2v) is 6.36. The summed E-state index contributed by atoms with van der Waals surface area (Å²) in [4.78, 5) is 2.64. The highest BCUT2D eigenvalue weighted by molar-refractivity contribution is 6.35. The van der Waals surface area contributed by atoms with Gasteiger partial charge in [0.15, 0.2) is 0 Å². The summed E-state index contributed by atoms with van der Waals surface area (Å²) in [6.07, 6.45) is 5.58. The van der Waals surface area contributed by atoms with Gasteiger partial charge < -0.3 is 4.90 Å². The topological polar surface area (TPSA) is 3.24 Å². The van der Waals surface area contributed by atoms with Crippen LogP contribution in [-0.2, 0) is 6.04 Å². The van der Waals surface area contributed by atoms with Gasteiger partial charge in [0.25, 0.3) is 0 Å². The molecule has 2 rings (SSSR count). The van der Waals surface area contributed by atoms with Gasteiger partial charge in [0.1, 0.15) is 0 Å². The van der Waals surface area contributed by atoms with Crippen LogP contribution in [0.3, 0.4) is 0 Å². The first-order chi connectivity index (χ1) is 8.25. The van der Waals surface area contributed by atoms with E-state index in [2.05, 4.69) is 36.9 Å². The summed E-state index contributed by atoms with van der Waals surface area (Å²) in [6.45, 7) is 7.08. The zero-order valence-corrected chi connectivity index (χ0v) is 12.1. The Bertz CT molecular complexity index is 356. The fraction of sp³-hybridized carbons (Fsp3) is 0.600. The number of hydrogen-bond acceptors (Lipinski definition) is 1. The molecule has 0 unspecified atom stereocenters. The van der Waals surface area contributed by atoms with Crippen LogP contribution in [0.15, 0.2) is 18.2 Å². The van der Waals surface area contributed by atoms with Crippen molar-refractivity contribution in [2.45, 2.75) is 39.2 Å². The number of likely N-dealkylation sites (tertiary alicyclic amines) is 1.